The molecular weight excluding hydrogens is 478 g/mol. The minimum absolute atomic E-state index is 0.203. The summed E-state index contributed by atoms with van der Waals surface area (Å²) in [6.07, 6.45) is 11.7. The molecule has 1 aliphatic rings. The molecule has 0 aromatic heterocycles. The Morgan fingerprint density at radius 3 is 2.24 bits per heavy atom. The highest BCUT2D eigenvalue weighted by Gasteiger charge is 2.44. The quantitative estimate of drug-likeness (QED) is 0.104. The number of ether oxygens (including phenoxy) is 2. The maximum absolute atomic E-state index is 12.4. The predicted molar refractivity (Wildman–Crippen MR) is 143 cm³/mol. The van der Waals surface area contributed by atoms with Gasteiger partial charge in [0.2, 0.25) is 5.91 Å². The molecule has 0 bridgehead atoms. The fourth-order valence-corrected chi connectivity index (χ4v) is 4.11. The summed E-state index contributed by atoms with van der Waals surface area (Å²) >= 11 is 0. The van der Waals surface area contributed by atoms with E-state index in [9.17, 15) is 30.3 Å². The average Bonchev–Trinajstić information content (AvgIpc) is 2.89. The average molecular weight is 530 g/mol. The van der Waals surface area contributed by atoms with Crippen molar-refractivity contribution in [3.8, 4) is 0 Å². The molecule has 9 heteroatoms. The highest BCUT2D eigenvalue weighted by molar-refractivity contribution is 5.76. The lowest BCUT2D eigenvalue weighted by molar-refractivity contribution is -0.302. The molecule has 1 saturated heterocycles. The third-order valence-corrected chi connectivity index (χ3v) is 6.53. The zero-order chi connectivity index (χ0) is 27.5. The number of hydrogen-bond donors (Lipinski definition) is 6. The van der Waals surface area contributed by atoms with Crippen LogP contribution < -0.4 is 5.32 Å². The first-order valence-corrected chi connectivity index (χ1v) is 14.1. The maximum Gasteiger partial charge on any atom is 0.220 e. The molecule has 37 heavy (non-hydrogen) atoms. The van der Waals surface area contributed by atoms with Crippen LogP contribution in [0.1, 0.15) is 90.9 Å². The van der Waals surface area contributed by atoms with Crippen LogP contribution in [0.2, 0.25) is 0 Å². The lowest BCUT2D eigenvalue weighted by Crippen LogP contribution is -2.60. The SMILES string of the molecule is CCCCCCC/C=C/CC/C=C/C(O)C(COC1OC(CO)C(O)C(O)C1O)NC(=O)CCCCC. The van der Waals surface area contributed by atoms with E-state index in [0.29, 0.717) is 6.42 Å². The summed E-state index contributed by atoms with van der Waals surface area (Å²) in [4.78, 5) is 12.4. The number of hydrogen-bond acceptors (Lipinski definition) is 8. The van der Waals surface area contributed by atoms with Crippen LogP contribution in [0.5, 0.6) is 0 Å². The van der Waals surface area contributed by atoms with E-state index in [1.54, 1.807) is 6.08 Å². The van der Waals surface area contributed by atoms with Gasteiger partial charge in [-0.3, -0.25) is 4.79 Å². The van der Waals surface area contributed by atoms with Crippen LogP contribution in [0.3, 0.4) is 0 Å². The second-order valence-corrected chi connectivity index (χ2v) is 9.83. The highest BCUT2D eigenvalue weighted by Crippen LogP contribution is 2.22. The summed E-state index contributed by atoms with van der Waals surface area (Å²) in [5.74, 6) is -0.217. The van der Waals surface area contributed by atoms with E-state index in [1.807, 2.05) is 13.0 Å². The Morgan fingerprint density at radius 1 is 0.892 bits per heavy atom. The second kappa shape index (κ2) is 20.6. The Bertz CT molecular complexity index is 642. The van der Waals surface area contributed by atoms with Crippen molar-refractivity contribution in [1.29, 1.82) is 0 Å². The minimum Gasteiger partial charge on any atom is -0.394 e. The molecular formula is C28H51NO8. The summed E-state index contributed by atoms with van der Waals surface area (Å²) in [5.41, 5.74) is 0. The van der Waals surface area contributed by atoms with Crippen molar-refractivity contribution >= 4 is 5.91 Å². The summed E-state index contributed by atoms with van der Waals surface area (Å²) in [7, 11) is 0. The molecule has 1 heterocycles. The van der Waals surface area contributed by atoms with Gasteiger partial charge in [-0.25, -0.2) is 0 Å². The Balaban J connectivity index is 2.59. The first kappa shape index (κ1) is 33.7. The first-order chi connectivity index (χ1) is 17.8. The maximum atomic E-state index is 12.4. The van der Waals surface area contributed by atoms with Gasteiger partial charge in [-0.2, -0.15) is 0 Å². The fourth-order valence-electron chi connectivity index (χ4n) is 4.11. The molecule has 0 aromatic carbocycles. The van der Waals surface area contributed by atoms with Gasteiger partial charge >= 0.3 is 0 Å². The van der Waals surface area contributed by atoms with E-state index in [0.717, 1.165) is 38.5 Å². The minimum atomic E-state index is -1.56. The standard InChI is InChI=1S/C28H51NO8/c1-3-5-7-8-9-10-11-12-13-14-16-17-22(31)21(29-24(32)18-15-6-4-2)20-36-28-27(35)26(34)25(33)23(19-30)37-28/h11-12,16-17,21-23,25-28,30-31,33-35H,3-10,13-15,18-20H2,1-2H3,(H,29,32)/b12-11+,17-16+. The van der Waals surface area contributed by atoms with Gasteiger partial charge in [0.05, 0.1) is 25.4 Å². The fraction of sp³-hybridized carbons (Fsp3) is 0.821. The smallest absolute Gasteiger partial charge is 0.220 e. The van der Waals surface area contributed by atoms with Crippen LogP contribution in [0, 0.1) is 0 Å². The summed E-state index contributed by atoms with van der Waals surface area (Å²) in [5, 5.41) is 53.0. The highest BCUT2D eigenvalue weighted by atomic mass is 16.7. The molecule has 0 spiro atoms. The van der Waals surface area contributed by atoms with Crippen molar-refractivity contribution in [2.75, 3.05) is 13.2 Å². The third kappa shape index (κ3) is 13.9. The molecule has 9 nitrogen and oxygen atoms in total. The van der Waals surface area contributed by atoms with Crippen molar-refractivity contribution in [2.24, 2.45) is 0 Å². The van der Waals surface area contributed by atoms with Gasteiger partial charge in [0.1, 0.15) is 24.4 Å². The number of aliphatic hydroxyl groups excluding tert-OH is 5. The number of allylic oxidation sites excluding steroid dienone is 3. The largest absolute Gasteiger partial charge is 0.394 e. The number of rotatable bonds is 20. The Morgan fingerprint density at radius 2 is 1.54 bits per heavy atom. The van der Waals surface area contributed by atoms with Crippen LogP contribution in [0.25, 0.3) is 0 Å². The number of amides is 1. The van der Waals surface area contributed by atoms with Gasteiger partial charge in [-0.05, 0) is 32.1 Å². The lowest BCUT2D eigenvalue weighted by Gasteiger charge is -2.40. The second-order valence-electron chi connectivity index (χ2n) is 9.83. The van der Waals surface area contributed by atoms with Gasteiger partial charge in [0, 0.05) is 6.42 Å². The van der Waals surface area contributed by atoms with Crippen molar-refractivity contribution in [2.45, 2.75) is 134 Å². The molecule has 216 valence electrons. The molecule has 7 atom stereocenters. The summed E-state index contributed by atoms with van der Waals surface area (Å²) in [6, 6.07) is -0.809. The van der Waals surface area contributed by atoms with E-state index in [-0.39, 0.29) is 12.5 Å². The van der Waals surface area contributed by atoms with Crippen molar-refractivity contribution in [3.05, 3.63) is 24.3 Å². The number of unbranched alkanes of at least 4 members (excludes halogenated alkanes) is 8. The number of carbonyl (C=O) groups is 1. The van der Waals surface area contributed by atoms with Crippen LogP contribution in [-0.2, 0) is 14.3 Å². The molecule has 0 radical (unpaired) electrons. The van der Waals surface area contributed by atoms with Gasteiger partial charge in [-0.15, -0.1) is 0 Å². The van der Waals surface area contributed by atoms with Crippen molar-refractivity contribution in [3.63, 3.8) is 0 Å². The van der Waals surface area contributed by atoms with Gasteiger partial charge in [-0.1, -0.05) is 76.7 Å². The topological polar surface area (TPSA) is 149 Å². The van der Waals surface area contributed by atoms with Gasteiger partial charge in [0.25, 0.3) is 0 Å². The molecule has 0 aromatic rings. The summed E-state index contributed by atoms with van der Waals surface area (Å²) < 4.78 is 11.0. The monoisotopic (exact) mass is 529 g/mol. The number of carbonyl (C=O) groups excluding carboxylic acids is 1. The van der Waals surface area contributed by atoms with E-state index in [2.05, 4.69) is 24.4 Å². The first-order valence-electron chi connectivity index (χ1n) is 14.1. The predicted octanol–water partition coefficient (Wildman–Crippen LogP) is 2.48. The molecule has 1 fully saturated rings. The Hall–Kier alpha value is -1.33. The van der Waals surface area contributed by atoms with E-state index < -0.39 is 49.5 Å². The van der Waals surface area contributed by atoms with Crippen LogP contribution in [0.15, 0.2) is 24.3 Å². The van der Waals surface area contributed by atoms with Crippen LogP contribution >= 0.6 is 0 Å². The van der Waals surface area contributed by atoms with Gasteiger partial charge < -0.3 is 40.3 Å². The van der Waals surface area contributed by atoms with Crippen molar-refractivity contribution < 1.29 is 39.8 Å². The molecule has 0 aliphatic carbocycles. The summed E-state index contributed by atoms with van der Waals surface area (Å²) in [6.45, 7) is 3.49. The van der Waals surface area contributed by atoms with E-state index in [1.165, 1.54) is 32.1 Å². The third-order valence-electron chi connectivity index (χ3n) is 6.53. The molecule has 0 saturated carbocycles. The normalized spacial score (nSPS) is 26.1. The van der Waals surface area contributed by atoms with Gasteiger partial charge in [0.15, 0.2) is 6.29 Å². The molecule has 7 unspecified atom stereocenters. The number of aliphatic hydroxyl groups is 5. The number of nitrogens with one attached hydrogen (secondary N) is 1. The molecule has 1 rings (SSSR count). The van der Waals surface area contributed by atoms with E-state index in [4.69, 9.17) is 9.47 Å². The van der Waals surface area contributed by atoms with Crippen molar-refractivity contribution in [1.82, 2.24) is 5.32 Å². The zero-order valence-electron chi connectivity index (χ0n) is 22.7. The molecule has 1 aliphatic heterocycles. The zero-order valence-corrected chi connectivity index (χ0v) is 22.7. The Kier molecular flexibility index (Phi) is 18.8. The molecule has 6 N–H and O–H groups in total. The van der Waals surface area contributed by atoms with Crippen LogP contribution in [-0.4, -0.2) is 87.5 Å². The van der Waals surface area contributed by atoms with Crippen LogP contribution in [0.4, 0.5) is 0 Å². The molecule has 1 amide bonds. The van der Waals surface area contributed by atoms with E-state index >= 15 is 0 Å². The Labute approximate surface area is 222 Å². The lowest BCUT2D eigenvalue weighted by atomic mass is 9.99.